The summed E-state index contributed by atoms with van der Waals surface area (Å²) in [6, 6.07) is 5.75. The molecule has 4 rings (SSSR count). The van der Waals surface area contributed by atoms with Crippen LogP contribution in [0.2, 0.25) is 0 Å². The molecule has 4 atom stereocenters. The summed E-state index contributed by atoms with van der Waals surface area (Å²) in [5.41, 5.74) is 0.585. The standard InChI is InChI=1S/C18H23NO4/c1-19(13-7-11-9-14(20)10-12(11)8-13)18(21)15-3-2-4-16-17(15)23-6-5-22-16/h2-4,11-14,20H,5-10H2,1H3/t11-,12+,13?,14?. The molecule has 2 fully saturated rings. The van der Waals surface area contributed by atoms with Crippen molar-refractivity contribution in [2.24, 2.45) is 11.8 Å². The smallest absolute Gasteiger partial charge is 0.257 e. The summed E-state index contributed by atoms with van der Waals surface area (Å²) in [7, 11) is 1.88. The van der Waals surface area contributed by atoms with Gasteiger partial charge in [0, 0.05) is 13.1 Å². The fourth-order valence-corrected chi connectivity index (χ4v) is 4.47. The molecule has 1 aliphatic heterocycles. The van der Waals surface area contributed by atoms with Crippen LogP contribution in [0.5, 0.6) is 11.5 Å². The Morgan fingerprint density at radius 3 is 2.57 bits per heavy atom. The number of carbonyl (C=O) groups is 1. The molecule has 1 amide bonds. The molecule has 5 nitrogen and oxygen atoms in total. The molecule has 2 unspecified atom stereocenters. The van der Waals surface area contributed by atoms with Crippen molar-refractivity contribution in [2.75, 3.05) is 20.3 Å². The van der Waals surface area contributed by atoms with Crippen molar-refractivity contribution in [1.82, 2.24) is 4.90 Å². The molecule has 0 radical (unpaired) electrons. The third kappa shape index (κ3) is 2.57. The van der Waals surface area contributed by atoms with Gasteiger partial charge in [0.1, 0.15) is 13.2 Å². The topological polar surface area (TPSA) is 59.0 Å². The van der Waals surface area contributed by atoms with Gasteiger partial charge in [0.2, 0.25) is 0 Å². The normalized spacial score (nSPS) is 31.7. The summed E-state index contributed by atoms with van der Waals surface area (Å²) in [5, 5.41) is 9.77. The molecule has 124 valence electrons. The van der Waals surface area contributed by atoms with Gasteiger partial charge in [-0.25, -0.2) is 0 Å². The van der Waals surface area contributed by atoms with Crippen LogP contribution in [-0.2, 0) is 0 Å². The van der Waals surface area contributed by atoms with E-state index in [1.165, 1.54) is 0 Å². The van der Waals surface area contributed by atoms with Gasteiger partial charge in [0.05, 0.1) is 11.7 Å². The number of ether oxygens (including phenoxy) is 2. The summed E-state index contributed by atoms with van der Waals surface area (Å²) < 4.78 is 11.2. The number of carbonyl (C=O) groups excluding carboxylic acids is 1. The first kappa shape index (κ1) is 14.8. The Labute approximate surface area is 136 Å². The molecule has 0 saturated heterocycles. The zero-order chi connectivity index (χ0) is 16.0. The van der Waals surface area contributed by atoms with Crippen molar-refractivity contribution in [3.8, 4) is 11.5 Å². The van der Waals surface area contributed by atoms with Crippen LogP contribution < -0.4 is 9.47 Å². The number of aliphatic hydroxyl groups is 1. The van der Waals surface area contributed by atoms with Crippen LogP contribution in [-0.4, -0.2) is 48.3 Å². The summed E-state index contributed by atoms with van der Waals surface area (Å²) >= 11 is 0. The predicted octanol–water partition coefficient (Wildman–Crippen LogP) is 2.08. The minimum absolute atomic E-state index is 0.00197. The summed E-state index contributed by atoms with van der Waals surface area (Å²) in [4.78, 5) is 14.8. The van der Waals surface area contributed by atoms with Crippen LogP contribution >= 0.6 is 0 Å². The van der Waals surface area contributed by atoms with Crippen LogP contribution in [0, 0.1) is 11.8 Å². The van der Waals surface area contributed by atoms with Gasteiger partial charge in [-0.05, 0) is 49.7 Å². The lowest BCUT2D eigenvalue weighted by atomic mass is 10.0. The molecule has 3 aliphatic rings. The molecular formula is C18H23NO4. The second-order valence-corrected chi connectivity index (χ2v) is 7.02. The van der Waals surface area contributed by atoms with E-state index in [4.69, 9.17) is 9.47 Å². The maximum Gasteiger partial charge on any atom is 0.257 e. The number of aliphatic hydroxyl groups excluding tert-OH is 1. The average Bonchev–Trinajstić information content (AvgIpc) is 3.10. The fourth-order valence-electron chi connectivity index (χ4n) is 4.47. The number of rotatable bonds is 2. The van der Waals surface area contributed by atoms with E-state index < -0.39 is 0 Å². The Morgan fingerprint density at radius 2 is 1.83 bits per heavy atom. The van der Waals surface area contributed by atoms with E-state index in [9.17, 15) is 9.90 Å². The molecule has 1 N–H and O–H groups in total. The highest BCUT2D eigenvalue weighted by molar-refractivity contribution is 5.98. The third-order valence-corrected chi connectivity index (χ3v) is 5.63. The monoisotopic (exact) mass is 317 g/mol. The van der Waals surface area contributed by atoms with Crippen molar-refractivity contribution in [2.45, 2.75) is 37.8 Å². The summed E-state index contributed by atoms with van der Waals surface area (Å²) in [5.74, 6) is 2.35. The van der Waals surface area contributed by atoms with Gasteiger partial charge < -0.3 is 19.5 Å². The van der Waals surface area contributed by atoms with E-state index in [-0.39, 0.29) is 18.1 Å². The number of para-hydroxylation sites is 1. The Morgan fingerprint density at radius 1 is 1.13 bits per heavy atom. The molecular weight excluding hydrogens is 294 g/mol. The second-order valence-electron chi connectivity index (χ2n) is 7.02. The number of hydrogen-bond donors (Lipinski definition) is 1. The Bertz CT molecular complexity index is 603. The Kier molecular flexibility index (Phi) is 3.68. The van der Waals surface area contributed by atoms with E-state index in [2.05, 4.69) is 0 Å². The Balaban J connectivity index is 1.51. The number of benzene rings is 1. The highest BCUT2D eigenvalue weighted by Gasteiger charge is 2.43. The zero-order valence-corrected chi connectivity index (χ0v) is 13.4. The SMILES string of the molecule is CN(C(=O)c1cccc2c1OCCO2)C1C[C@H]2CC(O)C[C@H]2C1. The van der Waals surface area contributed by atoms with E-state index in [0.29, 0.717) is 42.1 Å². The van der Waals surface area contributed by atoms with Gasteiger partial charge in [-0.1, -0.05) is 6.07 Å². The van der Waals surface area contributed by atoms with E-state index in [1.54, 1.807) is 0 Å². The van der Waals surface area contributed by atoms with Gasteiger partial charge in [-0.15, -0.1) is 0 Å². The van der Waals surface area contributed by atoms with Crippen molar-refractivity contribution in [3.05, 3.63) is 23.8 Å². The fraction of sp³-hybridized carbons (Fsp3) is 0.611. The van der Waals surface area contributed by atoms with Gasteiger partial charge in [-0.2, -0.15) is 0 Å². The lowest BCUT2D eigenvalue weighted by molar-refractivity contribution is 0.0712. The van der Waals surface area contributed by atoms with Crippen LogP contribution in [0.1, 0.15) is 36.0 Å². The highest BCUT2D eigenvalue weighted by Crippen LogP contribution is 2.46. The summed E-state index contributed by atoms with van der Waals surface area (Å²) in [6.45, 7) is 1.00. The van der Waals surface area contributed by atoms with E-state index in [0.717, 1.165) is 25.7 Å². The maximum atomic E-state index is 12.9. The largest absolute Gasteiger partial charge is 0.486 e. The van der Waals surface area contributed by atoms with Crippen LogP contribution in [0.4, 0.5) is 0 Å². The average molecular weight is 317 g/mol. The first-order chi connectivity index (χ1) is 11.1. The molecule has 0 spiro atoms. The zero-order valence-electron chi connectivity index (χ0n) is 13.4. The molecule has 0 aromatic heterocycles. The van der Waals surface area contributed by atoms with Crippen LogP contribution in [0.15, 0.2) is 18.2 Å². The number of amides is 1. The van der Waals surface area contributed by atoms with Crippen molar-refractivity contribution < 1.29 is 19.4 Å². The van der Waals surface area contributed by atoms with Crippen LogP contribution in [0.3, 0.4) is 0 Å². The molecule has 1 aromatic carbocycles. The maximum absolute atomic E-state index is 12.9. The van der Waals surface area contributed by atoms with Crippen LogP contribution in [0.25, 0.3) is 0 Å². The minimum Gasteiger partial charge on any atom is -0.486 e. The first-order valence-corrected chi connectivity index (χ1v) is 8.47. The molecule has 2 aliphatic carbocycles. The third-order valence-electron chi connectivity index (χ3n) is 5.63. The lowest BCUT2D eigenvalue weighted by Crippen LogP contribution is -2.36. The number of hydrogen-bond acceptors (Lipinski definition) is 4. The lowest BCUT2D eigenvalue weighted by Gasteiger charge is -2.28. The molecule has 5 heteroatoms. The molecule has 1 heterocycles. The van der Waals surface area contributed by atoms with Crippen molar-refractivity contribution >= 4 is 5.91 Å². The predicted molar refractivity (Wildman–Crippen MR) is 84.8 cm³/mol. The van der Waals surface area contributed by atoms with E-state index >= 15 is 0 Å². The molecule has 2 saturated carbocycles. The van der Waals surface area contributed by atoms with Crippen molar-refractivity contribution in [1.29, 1.82) is 0 Å². The number of nitrogens with zero attached hydrogens (tertiary/aromatic N) is 1. The van der Waals surface area contributed by atoms with Gasteiger partial charge >= 0.3 is 0 Å². The van der Waals surface area contributed by atoms with E-state index in [1.807, 2.05) is 30.1 Å². The number of fused-ring (bicyclic) bond motifs is 2. The van der Waals surface area contributed by atoms with Gasteiger partial charge in [-0.3, -0.25) is 4.79 Å². The molecule has 1 aromatic rings. The van der Waals surface area contributed by atoms with Gasteiger partial charge in [0.15, 0.2) is 11.5 Å². The van der Waals surface area contributed by atoms with Crippen molar-refractivity contribution in [3.63, 3.8) is 0 Å². The highest BCUT2D eigenvalue weighted by atomic mass is 16.6. The molecule has 0 bridgehead atoms. The second kappa shape index (κ2) is 5.71. The Hall–Kier alpha value is -1.75. The quantitative estimate of drug-likeness (QED) is 0.907. The summed E-state index contributed by atoms with van der Waals surface area (Å²) in [6.07, 6.45) is 3.63. The first-order valence-electron chi connectivity index (χ1n) is 8.47. The minimum atomic E-state index is -0.140. The molecule has 23 heavy (non-hydrogen) atoms. The van der Waals surface area contributed by atoms with Gasteiger partial charge in [0.25, 0.3) is 5.91 Å².